The first-order valence-electron chi connectivity index (χ1n) is 9.00. The second kappa shape index (κ2) is 7.69. The van der Waals surface area contributed by atoms with Crippen molar-refractivity contribution in [3.8, 4) is 5.75 Å². The van der Waals surface area contributed by atoms with E-state index in [9.17, 15) is 9.59 Å². The standard InChI is InChI=1S/C19H26N2O3/c1-2-24-17-9-7-16(8-10-17)19(23)21-13-11-20(12-14-21)18(22)15-5-3-4-6-15/h7-10,15H,2-6,11-14H2,1H3. The van der Waals surface area contributed by atoms with Crippen LogP contribution in [0.5, 0.6) is 5.75 Å². The number of nitrogens with zero attached hydrogens (tertiary/aromatic N) is 2. The molecule has 0 N–H and O–H groups in total. The number of benzene rings is 1. The van der Waals surface area contributed by atoms with E-state index in [4.69, 9.17) is 4.74 Å². The lowest BCUT2D eigenvalue weighted by molar-refractivity contribution is -0.136. The topological polar surface area (TPSA) is 49.9 Å². The van der Waals surface area contributed by atoms with E-state index >= 15 is 0 Å². The molecule has 0 spiro atoms. The van der Waals surface area contributed by atoms with E-state index in [2.05, 4.69) is 0 Å². The third-order valence-electron chi connectivity index (χ3n) is 5.00. The van der Waals surface area contributed by atoms with Crippen LogP contribution in [-0.4, -0.2) is 54.4 Å². The number of piperazine rings is 1. The Hall–Kier alpha value is -2.04. The Morgan fingerprint density at radius 3 is 2.17 bits per heavy atom. The largest absolute Gasteiger partial charge is 0.494 e. The molecule has 24 heavy (non-hydrogen) atoms. The summed E-state index contributed by atoms with van der Waals surface area (Å²) in [5.74, 6) is 1.33. The molecule has 1 aliphatic carbocycles. The van der Waals surface area contributed by atoms with E-state index in [1.807, 2.05) is 41.0 Å². The molecule has 130 valence electrons. The van der Waals surface area contributed by atoms with Crippen molar-refractivity contribution in [3.05, 3.63) is 29.8 Å². The van der Waals surface area contributed by atoms with E-state index in [1.165, 1.54) is 12.8 Å². The van der Waals surface area contributed by atoms with Gasteiger partial charge >= 0.3 is 0 Å². The molecule has 0 radical (unpaired) electrons. The molecule has 3 rings (SSSR count). The van der Waals surface area contributed by atoms with Gasteiger partial charge in [0.15, 0.2) is 0 Å². The van der Waals surface area contributed by atoms with E-state index in [1.54, 1.807) is 0 Å². The first-order chi connectivity index (χ1) is 11.7. The Morgan fingerprint density at radius 1 is 1.00 bits per heavy atom. The van der Waals surface area contributed by atoms with Gasteiger partial charge in [0, 0.05) is 37.7 Å². The molecule has 2 amide bonds. The third-order valence-corrected chi connectivity index (χ3v) is 5.00. The number of carbonyl (C=O) groups is 2. The molecule has 2 fully saturated rings. The lowest BCUT2D eigenvalue weighted by Gasteiger charge is -2.36. The molecule has 1 aromatic carbocycles. The maximum absolute atomic E-state index is 12.6. The van der Waals surface area contributed by atoms with Gasteiger partial charge in [-0.15, -0.1) is 0 Å². The van der Waals surface area contributed by atoms with Gasteiger partial charge in [0.05, 0.1) is 6.61 Å². The smallest absolute Gasteiger partial charge is 0.253 e. The molecule has 0 atom stereocenters. The fourth-order valence-electron chi connectivity index (χ4n) is 3.60. The SMILES string of the molecule is CCOc1ccc(C(=O)N2CCN(C(=O)C3CCCC3)CC2)cc1. The minimum atomic E-state index is 0.0333. The van der Waals surface area contributed by atoms with Crippen LogP contribution < -0.4 is 4.74 Å². The Bertz CT molecular complexity index is 571. The summed E-state index contributed by atoms with van der Waals surface area (Å²) in [6, 6.07) is 7.28. The van der Waals surface area contributed by atoms with Crippen LogP contribution in [0.1, 0.15) is 43.0 Å². The highest BCUT2D eigenvalue weighted by Crippen LogP contribution is 2.27. The van der Waals surface area contributed by atoms with Gasteiger partial charge < -0.3 is 14.5 Å². The van der Waals surface area contributed by atoms with Crippen LogP contribution in [0.25, 0.3) is 0 Å². The number of rotatable bonds is 4. The average molecular weight is 330 g/mol. The molecule has 1 heterocycles. The predicted molar refractivity (Wildman–Crippen MR) is 92.1 cm³/mol. The Morgan fingerprint density at radius 2 is 1.58 bits per heavy atom. The van der Waals surface area contributed by atoms with E-state index < -0.39 is 0 Å². The van der Waals surface area contributed by atoms with Crippen LogP contribution in [-0.2, 0) is 4.79 Å². The summed E-state index contributed by atoms with van der Waals surface area (Å²) in [7, 11) is 0. The maximum Gasteiger partial charge on any atom is 0.253 e. The number of amides is 2. The second-order valence-corrected chi connectivity index (χ2v) is 6.56. The van der Waals surface area contributed by atoms with Crippen LogP contribution in [0.3, 0.4) is 0 Å². The zero-order chi connectivity index (χ0) is 16.9. The maximum atomic E-state index is 12.6. The van der Waals surface area contributed by atoms with E-state index in [-0.39, 0.29) is 11.8 Å². The molecular weight excluding hydrogens is 304 g/mol. The lowest BCUT2D eigenvalue weighted by Crippen LogP contribution is -2.51. The van der Waals surface area contributed by atoms with Crippen LogP contribution in [0.15, 0.2) is 24.3 Å². The normalized spacial score (nSPS) is 18.7. The summed E-state index contributed by atoms with van der Waals surface area (Å²) in [6.45, 7) is 5.08. The molecule has 2 aliphatic rings. The highest BCUT2D eigenvalue weighted by molar-refractivity contribution is 5.94. The van der Waals surface area contributed by atoms with Gasteiger partial charge in [0.1, 0.15) is 5.75 Å². The Labute approximate surface area is 143 Å². The summed E-state index contributed by atoms with van der Waals surface area (Å²) in [5.41, 5.74) is 0.675. The fourth-order valence-corrected chi connectivity index (χ4v) is 3.60. The fraction of sp³-hybridized carbons (Fsp3) is 0.579. The molecule has 1 aromatic rings. The molecule has 1 aliphatic heterocycles. The first-order valence-corrected chi connectivity index (χ1v) is 9.00. The lowest BCUT2D eigenvalue weighted by atomic mass is 10.1. The second-order valence-electron chi connectivity index (χ2n) is 6.56. The highest BCUT2D eigenvalue weighted by atomic mass is 16.5. The van der Waals surface area contributed by atoms with Crippen molar-refractivity contribution in [1.29, 1.82) is 0 Å². The molecule has 5 heteroatoms. The van der Waals surface area contributed by atoms with Gasteiger partial charge in [-0.2, -0.15) is 0 Å². The van der Waals surface area contributed by atoms with Crippen molar-refractivity contribution >= 4 is 11.8 Å². The zero-order valence-corrected chi connectivity index (χ0v) is 14.4. The van der Waals surface area contributed by atoms with Gasteiger partial charge in [-0.3, -0.25) is 9.59 Å². The molecular formula is C19H26N2O3. The average Bonchev–Trinajstić information content (AvgIpc) is 3.16. The van der Waals surface area contributed by atoms with Crippen molar-refractivity contribution < 1.29 is 14.3 Å². The number of ether oxygens (including phenoxy) is 1. The van der Waals surface area contributed by atoms with Crippen LogP contribution in [0.2, 0.25) is 0 Å². The monoisotopic (exact) mass is 330 g/mol. The molecule has 0 unspecified atom stereocenters. The summed E-state index contributed by atoms with van der Waals surface area (Å²) in [6.07, 6.45) is 4.41. The van der Waals surface area contributed by atoms with Gasteiger partial charge in [-0.1, -0.05) is 12.8 Å². The predicted octanol–water partition coefficient (Wildman–Crippen LogP) is 2.56. The zero-order valence-electron chi connectivity index (χ0n) is 14.4. The third kappa shape index (κ3) is 3.71. The van der Waals surface area contributed by atoms with Gasteiger partial charge in [-0.25, -0.2) is 0 Å². The minimum absolute atomic E-state index is 0.0333. The van der Waals surface area contributed by atoms with Crippen molar-refractivity contribution in [2.75, 3.05) is 32.8 Å². The van der Waals surface area contributed by atoms with Crippen LogP contribution in [0, 0.1) is 5.92 Å². The summed E-state index contributed by atoms with van der Waals surface area (Å²) >= 11 is 0. The molecule has 0 aromatic heterocycles. The molecule has 5 nitrogen and oxygen atoms in total. The summed E-state index contributed by atoms with van der Waals surface area (Å²) < 4.78 is 5.41. The van der Waals surface area contributed by atoms with Gasteiger partial charge in [0.25, 0.3) is 5.91 Å². The summed E-state index contributed by atoms with van der Waals surface area (Å²) in [5, 5.41) is 0. The van der Waals surface area contributed by atoms with Gasteiger partial charge in [-0.05, 0) is 44.0 Å². The Balaban J connectivity index is 1.53. The van der Waals surface area contributed by atoms with E-state index in [0.717, 1.165) is 18.6 Å². The number of hydrogen-bond donors (Lipinski definition) is 0. The Kier molecular flexibility index (Phi) is 5.38. The number of hydrogen-bond acceptors (Lipinski definition) is 3. The van der Waals surface area contributed by atoms with Crippen molar-refractivity contribution in [2.24, 2.45) is 5.92 Å². The molecule has 1 saturated heterocycles. The van der Waals surface area contributed by atoms with Crippen molar-refractivity contribution in [1.82, 2.24) is 9.80 Å². The first kappa shape index (κ1) is 16.8. The summed E-state index contributed by atoms with van der Waals surface area (Å²) in [4.78, 5) is 28.8. The van der Waals surface area contributed by atoms with Crippen LogP contribution in [0.4, 0.5) is 0 Å². The highest BCUT2D eigenvalue weighted by Gasteiger charge is 2.30. The van der Waals surface area contributed by atoms with Gasteiger partial charge in [0.2, 0.25) is 5.91 Å². The van der Waals surface area contributed by atoms with E-state index in [0.29, 0.717) is 44.3 Å². The van der Waals surface area contributed by atoms with Crippen molar-refractivity contribution in [2.45, 2.75) is 32.6 Å². The molecule has 1 saturated carbocycles. The molecule has 0 bridgehead atoms. The van der Waals surface area contributed by atoms with Crippen molar-refractivity contribution in [3.63, 3.8) is 0 Å². The minimum Gasteiger partial charge on any atom is -0.494 e. The quantitative estimate of drug-likeness (QED) is 0.852. The van der Waals surface area contributed by atoms with Crippen LogP contribution >= 0.6 is 0 Å². The number of carbonyl (C=O) groups excluding carboxylic acids is 2.